The highest BCUT2D eigenvalue weighted by Crippen LogP contribution is 2.28. The van der Waals surface area contributed by atoms with Crippen molar-refractivity contribution in [2.24, 2.45) is 0 Å². The number of aromatic hydroxyl groups is 2. The molecule has 0 aromatic heterocycles. The first kappa shape index (κ1) is 22.3. The molecule has 0 aliphatic carbocycles. The number of carbonyl (C=O) groups is 2. The number of unbranched alkanes of at least 4 members (excludes halogenated alkanes) is 2. The number of hydrogen-bond donors (Lipinski definition) is 2. The maximum atomic E-state index is 12.9. The molecule has 0 saturated carbocycles. The molecule has 0 saturated heterocycles. The highest BCUT2D eigenvalue weighted by atomic mass is 16.5. The standard InChI is InChI=1S/C23H28O6/c1-3-5-11-28-17-8-10-23(29-12-6-4-2)19(14-17)22(27)15-21(26)18-9-7-16(24)13-20(18)25/h7-10,13-14,24-25H,3-6,11-12,15H2,1-2H3. The Bertz CT molecular complexity index is 843. The number of benzene rings is 2. The van der Waals surface area contributed by atoms with E-state index < -0.39 is 18.0 Å². The van der Waals surface area contributed by atoms with Crippen molar-refractivity contribution in [3.05, 3.63) is 47.5 Å². The molecule has 156 valence electrons. The highest BCUT2D eigenvalue weighted by molar-refractivity contribution is 6.15. The number of Topliss-reactive ketones (excluding diaryl/α,β-unsaturated/α-hetero) is 2. The lowest BCUT2D eigenvalue weighted by molar-refractivity contribution is 0.0890. The molecule has 29 heavy (non-hydrogen) atoms. The Morgan fingerprint density at radius 3 is 2.14 bits per heavy atom. The van der Waals surface area contributed by atoms with Crippen molar-refractivity contribution in [1.82, 2.24) is 0 Å². The number of phenolic OH excluding ortho intramolecular Hbond substituents is 2. The lowest BCUT2D eigenvalue weighted by Crippen LogP contribution is -2.11. The molecule has 0 radical (unpaired) electrons. The van der Waals surface area contributed by atoms with Gasteiger partial charge in [0, 0.05) is 6.07 Å². The van der Waals surface area contributed by atoms with Crippen LogP contribution in [0.2, 0.25) is 0 Å². The van der Waals surface area contributed by atoms with Crippen LogP contribution in [0.5, 0.6) is 23.0 Å². The van der Waals surface area contributed by atoms with E-state index in [0.717, 1.165) is 31.7 Å². The fourth-order valence-electron chi connectivity index (χ4n) is 2.70. The van der Waals surface area contributed by atoms with Crippen LogP contribution < -0.4 is 9.47 Å². The van der Waals surface area contributed by atoms with Crippen molar-refractivity contribution >= 4 is 11.6 Å². The SMILES string of the molecule is CCCCOc1ccc(OCCCC)c(C(=O)CC(=O)c2ccc(O)cc2O)c1. The number of carbonyl (C=O) groups excluding carboxylic acids is 2. The molecule has 0 heterocycles. The number of ether oxygens (including phenoxy) is 2. The molecule has 0 unspecified atom stereocenters. The summed E-state index contributed by atoms with van der Waals surface area (Å²) in [4.78, 5) is 25.3. The van der Waals surface area contributed by atoms with Gasteiger partial charge in [0.25, 0.3) is 0 Å². The van der Waals surface area contributed by atoms with Gasteiger partial charge in [-0.2, -0.15) is 0 Å². The van der Waals surface area contributed by atoms with Gasteiger partial charge in [0.05, 0.1) is 30.8 Å². The Morgan fingerprint density at radius 2 is 1.48 bits per heavy atom. The Kier molecular flexibility index (Phi) is 8.52. The van der Waals surface area contributed by atoms with Crippen molar-refractivity contribution in [3.8, 4) is 23.0 Å². The summed E-state index contributed by atoms with van der Waals surface area (Å²) in [5.41, 5.74) is 0.265. The molecule has 2 rings (SSSR count). The zero-order valence-corrected chi connectivity index (χ0v) is 16.9. The van der Waals surface area contributed by atoms with Crippen LogP contribution in [0.15, 0.2) is 36.4 Å². The van der Waals surface area contributed by atoms with Gasteiger partial charge in [-0.05, 0) is 43.2 Å². The summed E-state index contributed by atoms with van der Waals surface area (Å²) < 4.78 is 11.4. The van der Waals surface area contributed by atoms with Crippen LogP contribution >= 0.6 is 0 Å². The summed E-state index contributed by atoms with van der Waals surface area (Å²) in [5.74, 6) is -0.523. The van der Waals surface area contributed by atoms with Crippen LogP contribution in [-0.4, -0.2) is 35.0 Å². The molecule has 2 N–H and O–H groups in total. The molecule has 0 aliphatic heterocycles. The first-order chi connectivity index (χ1) is 14.0. The number of ketones is 2. The molecular formula is C23H28O6. The number of phenols is 2. The van der Waals surface area contributed by atoms with Gasteiger partial charge in [-0.3, -0.25) is 9.59 Å². The number of rotatable bonds is 12. The van der Waals surface area contributed by atoms with Gasteiger partial charge >= 0.3 is 0 Å². The Labute approximate surface area is 171 Å². The third kappa shape index (κ3) is 6.52. The molecule has 0 aliphatic rings. The van der Waals surface area contributed by atoms with E-state index in [9.17, 15) is 19.8 Å². The molecule has 6 nitrogen and oxygen atoms in total. The van der Waals surface area contributed by atoms with Gasteiger partial charge in [0.2, 0.25) is 0 Å². The van der Waals surface area contributed by atoms with Crippen molar-refractivity contribution in [2.75, 3.05) is 13.2 Å². The quantitative estimate of drug-likeness (QED) is 0.299. The van der Waals surface area contributed by atoms with Crippen molar-refractivity contribution in [2.45, 2.75) is 46.0 Å². The van der Waals surface area contributed by atoms with Crippen LogP contribution in [-0.2, 0) is 0 Å². The van der Waals surface area contributed by atoms with Gasteiger partial charge in [-0.15, -0.1) is 0 Å². The third-order valence-electron chi connectivity index (χ3n) is 4.38. The zero-order valence-electron chi connectivity index (χ0n) is 16.9. The minimum Gasteiger partial charge on any atom is -0.508 e. The second-order valence-corrected chi connectivity index (χ2v) is 6.79. The summed E-state index contributed by atoms with van der Waals surface area (Å²) in [6.07, 6.45) is 3.27. The largest absolute Gasteiger partial charge is 0.508 e. The Balaban J connectivity index is 2.21. The zero-order chi connectivity index (χ0) is 21.2. The van der Waals surface area contributed by atoms with Gasteiger partial charge < -0.3 is 19.7 Å². The topological polar surface area (TPSA) is 93.1 Å². The lowest BCUT2D eigenvalue weighted by Gasteiger charge is -2.13. The molecule has 0 atom stereocenters. The smallest absolute Gasteiger partial charge is 0.174 e. The maximum Gasteiger partial charge on any atom is 0.174 e. The average Bonchev–Trinajstić information content (AvgIpc) is 2.69. The van der Waals surface area contributed by atoms with E-state index in [2.05, 4.69) is 6.92 Å². The van der Waals surface area contributed by atoms with Crippen molar-refractivity contribution in [3.63, 3.8) is 0 Å². The van der Waals surface area contributed by atoms with Crippen LogP contribution in [0, 0.1) is 0 Å². The first-order valence-corrected chi connectivity index (χ1v) is 9.94. The van der Waals surface area contributed by atoms with Crippen molar-refractivity contribution < 1.29 is 29.3 Å². The van der Waals surface area contributed by atoms with Crippen molar-refractivity contribution in [1.29, 1.82) is 0 Å². The summed E-state index contributed by atoms with van der Waals surface area (Å²) in [6, 6.07) is 8.69. The van der Waals surface area contributed by atoms with Gasteiger partial charge in [-0.1, -0.05) is 26.7 Å². The minimum atomic E-state index is -0.538. The maximum absolute atomic E-state index is 12.9. The molecule has 0 bridgehead atoms. The van der Waals surface area contributed by atoms with E-state index >= 15 is 0 Å². The molecular weight excluding hydrogens is 372 g/mol. The average molecular weight is 400 g/mol. The predicted octanol–water partition coefficient (Wildman–Crippen LogP) is 4.91. The number of hydrogen-bond acceptors (Lipinski definition) is 6. The Morgan fingerprint density at radius 1 is 0.828 bits per heavy atom. The van der Waals surface area contributed by atoms with Crippen LogP contribution in [0.4, 0.5) is 0 Å². The van der Waals surface area contributed by atoms with Gasteiger partial charge in [0.1, 0.15) is 23.0 Å². The van der Waals surface area contributed by atoms with Crippen LogP contribution in [0.1, 0.15) is 66.7 Å². The van der Waals surface area contributed by atoms with Gasteiger partial charge in [0.15, 0.2) is 11.6 Å². The minimum absolute atomic E-state index is 0.0139. The summed E-state index contributed by atoms with van der Waals surface area (Å²) in [6.45, 7) is 5.12. The van der Waals surface area contributed by atoms with E-state index in [4.69, 9.17) is 9.47 Å². The Hall–Kier alpha value is -3.02. The second kappa shape index (κ2) is 11.1. The molecule has 0 amide bonds. The summed E-state index contributed by atoms with van der Waals surface area (Å²) in [5, 5.41) is 19.2. The second-order valence-electron chi connectivity index (χ2n) is 6.79. The van der Waals surface area contributed by atoms with E-state index in [-0.39, 0.29) is 22.6 Å². The third-order valence-corrected chi connectivity index (χ3v) is 4.38. The van der Waals surface area contributed by atoms with Crippen LogP contribution in [0.3, 0.4) is 0 Å². The molecule has 2 aromatic rings. The fraction of sp³-hybridized carbons (Fsp3) is 0.391. The summed E-state index contributed by atoms with van der Waals surface area (Å²) in [7, 11) is 0. The first-order valence-electron chi connectivity index (χ1n) is 9.94. The normalized spacial score (nSPS) is 10.6. The highest BCUT2D eigenvalue weighted by Gasteiger charge is 2.20. The van der Waals surface area contributed by atoms with Crippen LogP contribution in [0.25, 0.3) is 0 Å². The monoisotopic (exact) mass is 400 g/mol. The molecule has 6 heteroatoms. The predicted molar refractivity (Wildman–Crippen MR) is 110 cm³/mol. The van der Waals surface area contributed by atoms with E-state index in [1.165, 1.54) is 12.1 Å². The van der Waals surface area contributed by atoms with E-state index in [1.807, 2.05) is 6.92 Å². The van der Waals surface area contributed by atoms with E-state index in [1.54, 1.807) is 18.2 Å². The molecule has 0 fully saturated rings. The summed E-state index contributed by atoms with van der Waals surface area (Å²) >= 11 is 0. The van der Waals surface area contributed by atoms with E-state index in [0.29, 0.717) is 24.7 Å². The van der Waals surface area contributed by atoms with Gasteiger partial charge in [-0.25, -0.2) is 0 Å². The lowest BCUT2D eigenvalue weighted by atomic mass is 10.00. The fourth-order valence-corrected chi connectivity index (χ4v) is 2.70. The molecule has 2 aromatic carbocycles. The molecule has 0 spiro atoms.